The van der Waals surface area contributed by atoms with E-state index in [9.17, 15) is 17.6 Å². The van der Waals surface area contributed by atoms with Gasteiger partial charge in [-0.15, -0.1) is 0 Å². The Labute approximate surface area is 199 Å². The molecule has 0 aromatic heterocycles. The van der Waals surface area contributed by atoms with Crippen molar-refractivity contribution in [1.82, 2.24) is 0 Å². The summed E-state index contributed by atoms with van der Waals surface area (Å²) in [6.45, 7) is 5.38. The summed E-state index contributed by atoms with van der Waals surface area (Å²) >= 11 is 0. The first-order chi connectivity index (χ1) is 15.9. The molecule has 8 heteroatoms. The lowest BCUT2D eigenvalue weighted by Gasteiger charge is -2.21. The number of anilines is 3. The van der Waals surface area contributed by atoms with Crippen LogP contribution < -0.4 is 10.0 Å². The fourth-order valence-electron chi connectivity index (χ4n) is 3.08. The summed E-state index contributed by atoms with van der Waals surface area (Å²) in [5, 5.41) is 3.16. The molecule has 0 spiro atoms. The van der Waals surface area contributed by atoms with E-state index in [0.717, 1.165) is 17.4 Å². The molecule has 0 saturated heterocycles. The molecular formula is C26H27FN2O4S. The van der Waals surface area contributed by atoms with E-state index in [-0.39, 0.29) is 5.82 Å². The predicted molar refractivity (Wildman–Crippen MR) is 135 cm³/mol. The Morgan fingerprint density at radius 2 is 1.56 bits per heavy atom. The summed E-state index contributed by atoms with van der Waals surface area (Å²) in [4.78, 5) is 12.8. The smallest absolute Gasteiger partial charge is 0.340 e. The number of carbonyl (C=O) groups is 1. The molecule has 3 aromatic rings. The number of nitrogens with one attached hydrogen (secondary N) is 2. The lowest BCUT2D eigenvalue weighted by molar-refractivity contribution is 0.00707. The zero-order valence-corrected chi connectivity index (χ0v) is 20.2. The van der Waals surface area contributed by atoms with Crippen molar-refractivity contribution in [1.29, 1.82) is 0 Å². The zero-order chi connectivity index (χ0) is 24.9. The van der Waals surface area contributed by atoms with Gasteiger partial charge in [-0.3, -0.25) is 4.72 Å². The molecule has 0 unspecified atom stereocenters. The molecule has 0 radical (unpaired) electrons. The van der Waals surface area contributed by atoms with Crippen molar-refractivity contribution in [3.05, 3.63) is 89.2 Å². The molecule has 2 N–H and O–H groups in total. The van der Waals surface area contributed by atoms with E-state index in [1.165, 1.54) is 12.1 Å². The van der Waals surface area contributed by atoms with Crippen LogP contribution in [0.25, 0.3) is 12.2 Å². The first-order valence-corrected chi connectivity index (χ1v) is 12.4. The SMILES string of the molecule is CC(C)(C)OC(=O)c1ccc(/C=C/c2cccc(NS(C)(=O)=O)c2)cc1Nc1ccc(F)cc1. The minimum absolute atomic E-state index is 0.343. The van der Waals surface area contributed by atoms with Gasteiger partial charge in [0.2, 0.25) is 10.0 Å². The van der Waals surface area contributed by atoms with Crippen LogP contribution in [0, 0.1) is 5.82 Å². The van der Waals surface area contributed by atoms with Crippen molar-refractivity contribution in [3.63, 3.8) is 0 Å². The predicted octanol–water partition coefficient (Wildman–Crippen LogP) is 6.07. The lowest BCUT2D eigenvalue weighted by atomic mass is 10.1. The first-order valence-electron chi connectivity index (χ1n) is 10.5. The van der Waals surface area contributed by atoms with Crippen LogP contribution in [0.4, 0.5) is 21.5 Å². The third-order valence-electron chi connectivity index (χ3n) is 4.44. The van der Waals surface area contributed by atoms with Crippen LogP contribution in [0.1, 0.15) is 42.3 Å². The highest BCUT2D eigenvalue weighted by atomic mass is 32.2. The maximum Gasteiger partial charge on any atom is 0.340 e. The Bertz CT molecular complexity index is 1310. The molecule has 0 bridgehead atoms. The van der Waals surface area contributed by atoms with Crippen LogP contribution in [0.15, 0.2) is 66.7 Å². The lowest BCUT2D eigenvalue weighted by Crippen LogP contribution is -2.24. The molecule has 0 saturated carbocycles. The summed E-state index contributed by atoms with van der Waals surface area (Å²) in [5.74, 6) is -0.839. The molecule has 0 aliphatic rings. The molecule has 0 fully saturated rings. The molecule has 6 nitrogen and oxygen atoms in total. The van der Waals surface area contributed by atoms with Gasteiger partial charge >= 0.3 is 5.97 Å². The van der Waals surface area contributed by atoms with Gasteiger partial charge in [-0.2, -0.15) is 0 Å². The maximum absolute atomic E-state index is 13.3. The number of sulfonamides is 1. The molecule has 3 aromatic carbocycles. The maximum atomic E-state index is 13.3. The van der Waals surface area contributed by atoms with Gasteiger partial charge < -0.3 is 10.1 Å². The summed E-state index contributed by atoms with van der Waals surface area (Å²) in [5.41, 5.74) is 2.85. The van der Waals surface area contributed by atoms with E-state index in [1.54, 1.807) is 69.3 Å². The Kier molecular flexibility index (Phi) is 7.41. The summed E-state index contributed by atoms with van der Waals surface area (Å²) in [7, 11) is -3.37. The van der Waals surface area contributed by atoms with Crippen molar-refractivity contribution in [2.45, 2.75) is 26.4 Å². The molecule has 0 aliphatic carbocycles. The van der Waals surface area contributed by atoms with Gasteiger partial charge in [0.15, 0.2) is 0 Å². The highest BCUT2D eigenvalue weighted by Crippen LogP contribution is 2.26. The highest BCUT2D eigenvalue weighted by molar-refractivity contribution is 7.92. The number of rotatable bonds is 7. The summed E-state index contributed by atoms with van der Waals surface area (Å²) in [6, 6.07) is 18.0. The number of carbonyl (C=O) groups excluding carboxylic acids is 1. The van der Waals surface area contributed by atoms with Crippen molar-refractivity contribution >= 4 is 45.2 Å². The average Bonchev–Trinajstić information content (AvgIpc) is 2.72. The Morgan fingerprint density at radius 3 is 2.18 bits per heavy atom. The second-order valence-corrected chi connectivity index (χ2v) is 10.5. The Balaban J connectivity index is 1.92. The van der Waals surface area contributed by atoms with E-state index in [1.807, 2.05) is 18.2 Å². The number of benzene rings is 3. The van der Waals surface area contributed by atoms with Crippen molar-refractivity contribution in [2.24, 2.45) is 0 Å². The van der Waals surface area contributed by atoms with E-state index in [4.69, 9.17) is 4.74 Å². The Hall–Kier alpha value is -3.65. The van der Waals surface area contributed by atoms with Gasteiger partial charge in [-0.05, 0) is 80.4 Å². The van der Waals surface area contributed by atoms with Gasteiger partial charge in [0.05, 0.1) is 17.5 Å². The third-order valence-corrected chi connectivity index (χ3v) is 5.05. The van der Waals surface area contributed by atoms with Crippen LogP contribution in [-0.2, 0) is 14.8 Å². The van der Waals surface area contributed by atoms with Crippen molar-refractivity contribution in [2.75, 3.05) is 16.3 Å². The van der Waals surface area contributed by atoms with Crippen LogP contribution in [0.5, 0.6) is 0 Å². The average molecular weight is 483 g/mol. The number of ether oxygens (including phenoxy) is 1. The molecule has 178 valence electrons. The van der Waals surface area contributed by atoms with E-state index in [2.05, 4.69) is 10.0 Å². The molecule has 0 amide bonds. The fraction of sp³-hybridized carbons (Fsp3) is 0.192. The summed E-state index contributed by atoms with van der Waals surface area (Å²) in [6.07, 6.45) is 4.77. The molecular weight excluding hydrogens is 455 g/mol. The van der Waals surface area contributed by atoms with Crippen molar-refractivity contribution in [3.8, 4) is 0 Å². The number of hydrogen-bond acceptors (Lipinski definition) is 5. The molecule has 34 heavy (non-hydrogen) atoms. The molecule has 0 aliphatic heterocycles. The van der Waals surface area contributed by atoms with Gasteiger partial charge in [-0.25, -0.2) is 17.6 Å². The monoisotopic (exact) mass is 482 g/mol. The number of hydrogen-bond donors (Lipinski definition) is 2. The minimum atomic E-state index is -3.37. The van der Waals surface area contributed by atoms with E-state index in [0.29, 0.717) is 22.6 Å². The van der Waals surface area contributed by atoms with Crippen LogP contribution in [-0.4, -0.2) is 26.2 Å². The van der Waals surface area contributed by atoms with Crippen LogP contribution in [0.2, 0.25) is 0 Å². The minimum Gasteiger partial charge on any atom is -0.456 e. The Morgan fingerprint density at radius 1 is 0.912 bits per heavy atom. The van der Waals surface area contributed by atoms with Crippen LogP contribution >= 0.6 is 0 Å². The third kappa shape index (κ3) is 7.74. The van der Waals surface area contributed by atoms with Crippen LogP contribution in [0.3, 0.4) is 0 Å². The second-order valence-electron chi connectivity index (χ2n) is 8.77. The van der Waals surface area contributed by atoms with E-state index < -0.39 is 21.6 Å². The van der Waals surface area contributed by atoms with Gasteiger partial charge in [0, 0.05) is 11.4 Å². The largest absolute Gasteiger partial charge is 0.456 e. The second kappa shape index (κ2) is 10.1. The fourth-order valence-corrected chi connectivity index (χ4v) is 3.64. The van der Waals surface area contributed by atoms with Gasteiger partial charge in [-0.1, -0.05) is 30.4 Å². The number of halogens is 1. The standard InChI is InChI=1S/C26H27FN2O4S/c1-26(2,3)33-25(30)23-15-10-19(17-24(23)28-21-13-11-20(27)12-14-21)9-8-18-6-5-7-22(16-18)29-34(4,31)32/h5-17,28-29H,1-4H3/b9-8+. The molecule has 0 heterocycles. The normalized spacial score (nSPS) is 11.9. The quantitative estimate of drug-likeness (QED) is 0.316. The first kappa shape index (κ1) is 25.0. The highest BCUT2D eigenvalue weighted by Gasteiger charge is 2.20. The van der Waals surface area contributed by atoms with Gasteiger partial charge in [0.25, 0.3) is 0 Å². The zero-order valence-electron chi connectivity index (χ0n) is 19.4. The topological polar surface area (TPSA) is 84.5 Å². The van der Waals surface area contributed by atoms with Gasteiger partial charge in [0.1, 0.15) is 11.4 Å². The number of esters is 1. The summed E-state index contributed by atoms with van der Waals surface area (Å²) < 4.78 is 44.2. The van der Waals surface area contributed by atoms with Crippen molar-refractivity contribution < 1.29 is 22.3 Å². The molecule has 3 rings (SSSR count). The van der Waals surface area contributed by atoms with E-state index >= 15 is 0 Å². The molecule has 0 atom stereocenters.